The molecule has 0 fully saturated rings. The van der Waals surface area contributed by atoms with E-state index in [1.54, 1.807) is 7.11 Å². The van der Waals surface area contributed by atoms with Crippen molar-refractivity contribution in [3.05, 3.63) is 23.4 Å². The molecule has 0 N–H and O–H groups in total. The summed E-state index contributed by atoms with van der Waals surface area (Å²) in [6.45, 7) is 7.08. The number of methoxy groups -OCH3 is 1. The maximum atomic E-state index is 5.95. The van der Waals surface area contributed by atoms with E-state index in [0.717, 1.165) is 17.1 Å². The lowest BCUT2D eigenvalue weighted by Gasteiger charge is -2.26. The number of ether oxygens (including phenoxy) is 1. The summed E-state index contributed by atoms with van der Waals surface area (Å²) in [5.41, 5.74) is 2.20. The molecular formula is C14H23ClN2O. The summed E-state index contributed by atoms with van der Waals surface area (Å²) in [4.78, 5) is 6.83. The summed E-state index contributed by atoms with van der Waals surface area (Å²) in [7, 11) is 3.75. The van der Waals surface area contributed by atoms with Crippen LogP contribution in [0.25, 0.3) is 0 Å². The Morgan fingerprint density at radius 1 is 1.33 bits per heavy atom. The summed E-state index contributed by atoms with van der Waals surface area (Å²) in [6, 6.07) is 4.41. The molecule has 1 rings (SSSR count). The highest BCUT2D eigenvalue weighted by Gasteiger charge is 2.13. The molecule has 0 aromatic carbocycles. The maximum Gasteiger partial charge on any atom is 0.129 e. The van der Waals surface area contributed by atoms with Crippen LogP contribution in [0.4, 0.5) is 5.82 Å². The molecule has 1 aromatic heterocycles. The third-order valence-electron chi connectivity index (χ3n) is 3.07. The van der Waals surface area contributed by atoms with Gasteiger partial charge in [-0.3, -0.25) is 0 Å². The molecule has 0 saturated carbocycles. The molecule has 102 valence electrons. The van der Waals surface area contributed by atoms with Crippen LogP contribution in [0.5, 0.6) is 0 Å². The molecule has 0 aliphatic heterocycles. The fraction of sp³-hybridized carbons (Fsp3) is 0.643. The van der Waals surface area contributed by atoms with E-state index in [2.05, 4.69) is 31.7 Å². The normalized spacial score (nSPS) is 12.8. The average molecular weight is 271 g/mol. The van der Waals surface area contributed by atoms with Gasteiger partial charge in [0.2, 0.25) is 0 Å². The topological polar surface area (TPSA) is 25.4 Å². The average Bonchev–Trinajstić information content (AvgIpc) is 2.37. The number of hydrogen-bond acceptors (Lipinski definition) is 3. The van der Waals surface area contributed by atoms with E-state index < -0.39 is 0 Å². The van der Waals surface area contributed by atoms with Crippen molar-refractivity contribution in [2.45, 2.75) is 38.6 Å². The molecule has 18 heavy (non-hydrogen) atoms. The molecule has 0 amide bonds. The fourth-order valence-corrected chi connectivity index (χ4v) is 1.88. The first-order valence-electron chi connectivity index (χ1n) is 6.28. The second kappa shape index (κ2) is 6.95. The quantitative estimate of drug-likeness (QED) is 0.741. The Kier molecular flexibility index (Phi) is 5.89. The van der Waals surface area contributed by atoms with Crippen LogP contribution in [0.3, 0.4) is 0 Å². The summed E-state index contributed by atoms with van der Waals surface area (Å²) >= 11 is 5.95. The minimum atomic E-state index is 0.285. The highest BCUT2D eigenvalue weighted by molar-refractivity contribution is 6.17. The van der Waals surface area contributed by atoms with Gasteiger partial charge in [-0.15, -0.1) is 11.6 Å². The molecule has 1 unspecified atom stereocenters. The van der Waals surface area contributed by atoms with Gasteiger partial charge in [-0.1, -0.05) is 13.8 Å². The Labute approximate surface area is 115 Å². The lowest BCUT2D eigenvalue weighted by molar-refractivity contribution is 0.183. The van der Waals surface area contributed by atoms with Crippen molar-refractivity contribution in [2.75, 3.05) is 25.7 Å². The minimum absolute atomic E-state index is 0.285. The van der Waals surface area contributed by atoms with Crippen LogP contribution < -0.4 is 4.90 Å². The third-order valence-corrected chi connectivity index (χ3v) is 3.38. The Morgan fingerprint density at radius 2 is 2.00 bits per heavy atom. The number of alkyl halides is 1. The zero-order valence-corrected chi connectivity index (χ0v) is 12.7. The minimum Gasteiger partial charge on any atom is -0.383 e. The number of rotatable bonds is 6. The maximum absolute atomic E-state index is 5.95. The lowest BCUT2D eigenvalue weighted by atomic mass is 10.1. The second-order valence-electron chi connectivity index (χ2n) is 4.96. The molecule has 0 bridgehead atoms. The first kappa shape index (κ1) is 15.3. The van der Waals surface area contributed by atoms with Gasteiger partial charge in [-0.05, 0) is 30.5 Å². The monoisotopic (exact) mass is 270 g/mol. The van der Waals surface area contributed by atoms with Crippen molar-refractivity contribution in [1.29, 1.82) is 0 Å². The van der Waals surface area contributed by atoms with Crippen molar-refractivity contribution in [3.8, 4) is 0 Å². The van der Waals surface area contributed by atoms with E-state index in [9.17, 15) is 0 Å². The van der Waals surface area contributed by atoms with E-state index in [0.29, 0.717) is 18.4 Å². The first-order chi connectivity index (χ1) is 8.49. The predicted molar refractivity (Wildman–Crippen MR) is 77.6 cm³/mol. The number of pyridine rings is 1. The van der Waals surface area contributed by atoms with Crippen LogP contribution in [0.1, 0.15) is 37.9 Å². The van der Waals surface area contributed by atoms with Gasteiger partial charge in [0.25, 0.3) is 0 Å². The van der Waals surface area contributed by atoms with Crippen molar-refractivity contribution < 1.29 is 4.74 Å². The largest absolute Gasteiger partial charge is 0.383 e. The number of halogens is 1. The van der Waals surface area contributed by atoms with Gasteiger partial charge >= 0.3 is 0 Å². The van der Waals surface area contributed by atoms with Crippen molar-refractivity contribution in [1.82, 2.24) is 4.98 Å². The van der Waals surface area contributed by atoms with Crippen molar-refractivity contribution >= 4 is 17.4 Å². The van der Waals surface area contributed by atoms with E-state index in [4.69, 9.17) is 21.3 Å². The van der Waals surface area contributed by atoms with E-state index in [1.807, 2.05) is 13.1 Å². The standard InChI is InChI=1S/C14H23ClN2O/c1-10(2)13-6-12(8-15)7-14(16-13)17(4)11(3)9-18-5/h6-7,10-11H,8-9H2,1-5H3. The van der Waals surface area contributed by atoms with Crippen LogP contribution >= 0.6 is 11.6 Å². The Hall–Kier alpha value is -0.800. The molecule has 1 heterocycles. The molecule has 0 radical (unpaired) electrons. The predicted octanol–water partition coefficient (Wildman–Crippen LogP) is 3.41. The van der Waals surface area contributed by atoms with E-state index in [-0.39, 0.29) is 6.04 Å². The second-order valence-corrected chi connectivity index (χ2v) is 5.23. The van der Waals surface area contributed by atoms with Gasteiger partial charge in [0.15, 0.2) is 0 Å². The van der Waals surface area contributed by atoms with E-state index >= 15 is 0 Å². The smallest absolute Gasteiger partial charge is 0.129 e. The van der Waals surface area contributed by atoms with Crippen molar-refractivity contribution in [3.63, 3.8) is 0 Å². The SMILES string of the molecule is COCC(C)N(C)c1cc(CCl)cc(C(C)C)n1. The van der Waals surface area contributed by atoms with Crippen LogP contribution in [0, 0.1) is 0 Å². The van der Waals surface area contributed by atoms with Crippen LogP contribution in [-0.2, 0) is 10.6 Å². The molecule has 0 spiro atoms. The molecule has 3 nitrogen and oxygen atoms in total. The molecule has 0 saturated heterocycles. The van der Waals surface area contributed by atoms with Gasteiger partial charge in [0.1, 0.15) is 5.82 Å². The Balaban J connectivity index is 3.03. The molecule has 4 heteroatoms. The molecule has 0 aliphatic carbocycles. The van der Waals surface area contributed by atoms with Crippen molar-refractivity contribution in [2.24, 2.45) is 0 Å². The number of likely N-dealkylation sites (N-methyl/N-ethyl adjacent to an activating group) is 1. The lowest BCUT2D eigenvalue weighted by Crippen LogP contribution is -2.33. The van der Waals surface area contributed by atoms with E-state index in [1.165, 1.54) is 0 Å². The fourth-order valence-electron chi connectivity index (χ4n) is 1.73. The number of aromatic nitrogens is 1. The molecule has 0 aliphatic rings. The number of nitrogens with zero attached hydrogens (tertiary/aromatic N) is 2. The zero-order valence-electron chi connectivity index (χ0n) is 11.9. The Bertz CT molecular complexity index is 382. The molecule has 1 aromatic rings. The van der Waals surface area contributed by atoms with Crippen LogP contribution in [0.2, 0.25) is 0 Å². The molecule has 1 atom stereocenters. The van der Waals surface area contributed by atoms with Gasteiger partial charge < -0.3 is 9.64 Å². The number of hydrogen-bond donors (Lipinski definition) is 0. The van der Waals surface area contributed by atoms with Gasteiger partial charge in [0.05, 0.1) is 12.6 Å². The third kappa shape index (κ3) is 3.85. The van der Waals surface area contributed by atoms with Crippen LogP contribution in [-0.4, -0.2) is 31.8 Å². The zero-order chi connectivity index (χ0) is 13.7. The van der Waals surface area contributed by atoms with Gasteiger partial charge in [0, 0.05) is 25.7 Å². The summed E-state index contributed by atoms with van der Waals surface area (Å²) in [5, 5.41) is 0. The van der Waals surface area contributed by atoms with Gasteiger partial charge in [-0.2, -0.15) is 0 Å². The Morgan fingerprint density at radius 3 is 2.50 bits per heavy atom. The summed E-state index contributed by atoms with van der Waals surface area (Å²) in [6.07, 6.45) is 0. The molecular weight excluding hydrogens is 248 g/mol. The van der Waals surface area contributed by atoms with Gasteiger partial charge in [-0.25, -0.2) is 4.98 Å². The highest BCUT2D eigenvalue weighted by Crippen LogP contribution is 2.21. The summed E-state index contributed by atoms with van der Waals surface area (Å²) in [5.74, 6) is 1.88. The first-order valence-corrected chi connectivity index (χ1v) is 6.81. The summed E-state index contributed by atoms with van der Waals surface area (Å²) < 4.78 is 5.18. The van der Waals surface area contributed by atoms with Crippen LogP contribution in [0.15, 0.2) is 12.1 Å². The highest BCUT2D eigenvalue weighted by atomic mass is 35.5. The number of anilines is 1.